The van der Waals surface area contributed by atoms with E-state index >= 15 is 0 Å². The maximum Gasteiger partial charge on any atom is 0.160 e. The van der Waals surface area contributed by atoms with Crippen LogP contribution in [0, 0.1) is 0 Å². The third-order valence-corrected chi connectivity index (χ3v) is 12.5. The lowest BCUT2D eigenvalue weighted by molar-refractivity contribution is 0.775. The highest BCUT2D eigenvalue weighted by Gasteiger charge is 2.49. The molecule has 0 radical (unpaired) electrons. The Hall–Kier alpha value is -7.75. The normalized spacial score (nSPS) is 12.9. The lowest BCUT2D eigenvalue weighted by Gasteiger charge is -2.35. The molecular weight excluding hydrogens is 715 g/mol. The Labute approximate surface area is 343 Å². The summed E-state index contributed by atoms with van der Waals surface area (Å²) in [7, 11) is 0. The van der Waals surface area contributed by atoms with E-state index in [4.69, 9.17) is 9.97 Å². The largest absolute Gasteiger partial charge is 0.265 e. The molecule has 0 N–H and O–H groups in total. The second-order valence-electron chi connectivity index (χ2n) is 15.5. The number of aromatic nitrogens is 3. The molecule has 1 spiro atoms. The number of fused-ring (bicyclic) bond motifs is 13. The first-order valence-corrected chi connectivity index (χ1v) is 20.2. The van der Waals surface area contributed by atoms with Crippen LogP contribution in [0.4, 0.5) is 0 Å². The van der Waals surface area contributed by atoms with Crippen molar-refractivity contribution in [2.75, 3.05) is 0 Å². The minimum atomic E-state index is -0.574. The van der Waals surface area contributed by atoms with E-state index in [1.165, 1.54) is 72.0 Å². The number of hydrogen-bond donors (Lipinski definition) is 0. The van der Waals surface area contributed by atoms with Gasteiger partial charge in [0.1, 0.15) is 0 Å². The molecule has 0 amide bonds. The number of nitrogens with zero attached hydrogens (tertiary/aromatic N) is 3. The lowest BCUT2D eigenvalue weighted by atomic mass is 9.65. The maximum atomic E-state index is 5.39. The summed E-state index contributed by atoms with van der Waals surface area (Å²) in [5, 5.41) is 2.46. The van der Waals surface area contributed by atoms with Crippen LogP contribution in [0.3, 0.4) is 0 Å². The zero-order chi connectivity index (χ0) is 38.9. The first kappa shape index (κ1) is 33.4. The molecule has 2 aromatic heterocycles. The van der Waals surface area contributed by atoms with Gasteiger partial charge in [-0.3, -0.25) is 4.98 Å². The third kappa shape index (κ3) is 5.05. The molecule has 8 aromatic carbocycles. The predicted molar refractivity (Wildman–Crippen MR) is 241 cm³/mol. The number of rotatable bonds is 4. The van der Waals surface area contributed by atoms with Crippen LogP contribution >= 0.6 is 0 Å². The average Bonchev–Trinajstić information content (AvgIpc) is 3.56. The van der Waals surface area contributed by atoms with Gasteiger partial charge in [0, 0.05) is 29.1 Å². The van der Waals surface area contributed by atoms with Crippen LogP contribution in [-0.4, -0.2) is 15.0 Å². The van der Waals surface area contributed by atoms with Gasteiger partial charge in [0.15, 0.2) is 5.82 Å². The highest BCUT2D eigenvalue weighted by Crippen LogP contribution is 2.61. The van der Waals surface area contributed by atoms with Crippen molar-refractivity contribution in [2.24, 2.45) is 0 Å². The van der Waals surface area contributed by atoms with Gasteiger partial charge in [-0.1, -0.05) is 176 Å². The van der Waals surface area contributed by atoms with Gasteiger partial charge in [-0.05, 0) is 102 Å². The molecule has 0 aliphatic heterocycles. The van der Waals surface area contributed by atoms with Crippen molar-refractivity contribution >= 4 is 10.8 Å². The van der Waals surface area contributed by atoms with Crippen LogP contribution in [0.25, 0.3) is 89.2 Å². The smallest absolute Gasteiger partial charge is 0.160 e. The van der Waals surface area contributed by atoms with E-state index in [2.05, 4.69) is 193 Å². The van der Waals surface area contributed by atoms with Crippen LogP contribution < -0.4 is 0 Å². The Bertz CT molecular complexity index is 3220. The highest BCUT2D eigenvalue weighted by molar-refractivity contribution is 5.99. The average molecular weight is 750 g/mol. The van der Waals surface area contributed by atoms with Crippen LogP contribution in [0.1, 0.15) is 22.3 Å². The lowest BCUT2D eigenvalue weighted by Crippen LogP contribution is -2.29. The second-order valence-corrected chi connectivity index (χ2v) is 15.5. The molecule has 2 aliphatic carbocycles. The molecule has 0 bridgehead atoms. The number of hydrogen-bond acceptors (Lipinski definition) is 3. The van der Waals surface area contributed by atoms with Crippen LogP contribution in [0.2, 0.25) is 0 Å². The molecule has 3 nitrogen and oxygen atoms in total. The molecule has 10 aromatic rings. The highest BCUT2D eigenvalue weighted by atomic mass is 14.9. The van der Waals surface area contributed by atoms with Crippen molar-refractivity contribution in [2.45, 2.75) is 5.41 Å². The van der Waals surface area contributed by atoms with Gasteiger partial charge >= 0.3 is 0 Å². The summed E-state index contributed by atoms with van der Waals surface area (Å²) >= 11 is 0. The van der Waals surface area contributed by atoms with E-state index in [9.17, 15) is 0 Å². The van der Waals surface area contributed by atoms with Gasteiger partial charge in [0.05, 0.1) is 16.8 Å². The van der Waals surface area contributed by atoms with Gasteiger partial charge in [-0.25, -0.2) is 9.97 Å². The molecule has 274 valence electrons. The number of benzene rings is 8. The molecule has 12 rings (SSSR count). The van der Waals surface area contributed by atoms with Crippen molar-refractivity contribution in [3.05, 3.63) is 235 Å². The van der Waals surface area contributed by atoms with Gasteiger partial charge in [0.25, 0.3) is 0 Å². The van der Waals surface area contributed by atoms with Gasteiger partial charge in [-0.2, -0.15) is 0 Å². The molecule has 2 heterocycles. The maximum absolute atomic E-state index is 5.39. The van der Waals surface area contributed by atoms with Crippen molar-refractivity contribution in [1.82, 2.24) is 15.0 Å². The zero-order valence-corrected chi connectivity index (χ0v) is 32.0. The fraction of sp³-hybridized carbons (Fsp3) is 0.0179. The molecule has 0 saturated heterocycles. The molecule has 2 aliphatic rings. The van der Waals surface area contributed by atoms with E-state index < -0.39 is 5.41 Å². The minimum absolute atomic E-state index is 0.574. The quantitative estimate of drug-likeness (QED) is 0.180. The summed E-state index contributed by atoms with van der Waals surface area (Å²) in [4.78, 5) is 14.9. The Balaban J connectivity index is 1.10. The summed E-state index contributed by atoms with van der Waals surface area (Å²) in [5.41, 5.74) is 19.1. The second kappa shape index (κ2) is 13.2. The molecule has 0 fully saturated rings. The summed E-state index contributed by atoms with van der Waals surface area (Å²) < 4.78 is 0. The Morgan fingerprint density at radius 1 is 0.305 bits per heavy atom. The van der Waals surface area contributed by atoms with Crippen LogP contribution in [0.15, 0.2) is 213 Å². The van der Waals surface area contributed by atoms with Gasteiger partial charge in [0.2, 0.25) is 0 Å². The van der Waals surface area contributed by atoms with E-state index in [-0.39, 0.29) is 0 Å². The summed E-state index contributed by atoms with van der Waals surface area (Å²) in [6.45, 7) is 0. The zero-order valence-electron chi connectivity index (χ0n) is 32.0. The van der Waals surface area contributed by atoms with Crippen molar-refractivity contribution in [3.63, 3.8) is 0 Å². The van der Waals surface area contributed by atoms with Gasteiger partial charge in [-0.15, -0.1) is 0 Å². The fourth-order valence-corrected chi connectivity index (χ4v) is 9.88. The van der Waals surface area contributed by atoms with E-state index in [1.807, 2.05) is 24.5 Å². The summed E-state index contributed by atoms with van der Waals surface area (Å²) in [6, 6.07) is 72.8. The molecule has 3 heteroatoms. The first-order chi connectivity index (χ1) is 29.3. The van der Waals surface area contributed by atoms with Gasteiger partial charge < -0.3 is 0 Å². The van der Waals surface area contributed by atoms with Crippen molar-refractivity contribution < 1.29 is 0 Å². The van der Waals surface area contributed by atoms with Crippen molar-refractivity contribution in [1.29, 1.82) is 0 Å². The Morgan fingerprint density at radius 3 is 1.44 bits per heavy atom. The molecule has 0 atom stereocenters. The van der Waals surface area contributed by atoms with E-state index in [1.54, 1.807) is 0 Å². The third-order valence-electron chi connectivity index (χ3n) is 12.5. The van der Waals surface area contributed by atoms with E-state index in [0.29, 0.717) is 5.82 Å². The summed E-state index contributed by atoms with van der Waals surface area (Å²) in [6.07, 6.45) is 3.65. The summed E-state index contributed by atoms with van der Waals surface area (Å²) in [5.74, 6) is 0.677. The topological polar surface area (TPSA) is 38.7 Å². The SMILES string of the molecule is c1ccc2c(c1)-c1ccccc1C1(c3cc(-c4cc(-c5ccncc5)nc(-c5ccc(-c6cccc7ccccc67)cc5)n4)ccc3-2)c2ccccc2-c2ccccc21. The standard InChI is InChI=1S/C56H35N3/c1-2-14-41-36(12-1)13-11-20-42(41)37-24-26-39(27-25-37)55-58-53(38-30-32-57-33-31-38)35-54(59-55)40-28-29-48-44-16-4-3-15-43(44)45-17-5-8-21-49(45)56(52(48)34-40)50-22-9-6-18-46(50)47-19-7-10-23-51(47)56/h1-35H. The Morgan fingerprint density at radius 2 is 0.780 bits per heavy atom. The fourth-order valence-electron chi connectivity index (χ4n) is 9.88. The monoisotopic (exact) mass is 749 g/mol. The molecule has 59 heavy (non-hydrogen) atoms. The molecule has 0 unspecified atom stereocenters. The first-order valence-electron chi connectivity index (χ1n) is 20.2. The van der Waals surface area contributed by atoms with Crippen LogP contribution in [0.5, 0.6) is 0 Å². The Kier molecular flexibility index (Phi) is 7.45. The van der Waals surface area contributed by atoms with Crippen molar-refractivity contribution in [3.8, 4) is 78.4 Å². The minimum Gasteiger partial charge on any atom is -0.265 e. The predicted octanol–water partition coefficient (Wildman–Crippen LogP) is 13.7. The number of pyridine rings is 1. The molecular formula is C56H35N3. The molecule has 0 saturated carbocycles. The van der Waals surface area contributed by atoms with E-state index in [0.717, 1.165) is 33.6 Å². The van der Waals surface area contributed by atoms with Crippen LogP contribution in [-0.2, 0) is 5.41 Å².